The third kappa shape index (κ3) is 9.02. The van der Waals surface area contributed by atoms with E-state index in [1.54, 1.807) is 12.1 Å². The van der Waals surface area contributed by atoms with Gasteiger partial charge in [-0.25, -0.2) is 4.79 Å². The summed E-state index contributed by atoms with van der Waals surface area (Å²) in [6.45, 7) is -3.91. The third-order valence-electron chi connectivity index (χ3n) is 5.16. The normalized spacial score (nSPS) is 13.9. The minimum Gasteiger partial charge on any atom is -0.497 e. The fraction of sp³-hybridized carbons (Fsp3) is 0.609. The Hall–Kier alpha value is -2.96. The Morgan fingerprint density at radius 3 is 1.88 bits per heavy atom. The summed E-state index contributed by atoms with van der Waals surface area (Å²) >= 11 is 0. The van der Waals surface area contributed by atoms with Crippen LogP contribution in [-0.2, 0) is 19.0 Å². The van der Waals surface area contributed by atoms with Gasteiger partial charge in [-0.3, -0.25) is 0 Å². The maximum Gasteiger partial charge on any atom is 0.426 e. The summed E-state index contributed by atoms with van der Waals surface area (Å²) in [5, 5.41) is 0. The van der Waals surface area contributed by atoms with E-state index < -0.39 is 81.2 Å². The number of alkyl halides is 13. The molecular formula is C23H23F13O6. The molecule has 0 atom stereocenters. The number of carbonyl (C=O) groups is 1. The molecule has 0 aliphatic rings. The van der Waals surface area contributed by atoms with Gasteiger partial charge < -0.3 is 23.7 Å². The molecule has 6 nitrogen and oxygen atoms in total. The van der Waals surface area contributed by atoms with Gasteiger partial charge in [0.05, 0.1) is 34.0 Å². The number of methoxy groups -OCH3 is 2. The van der Waals surface area contributed by atoms with Gasteiger partial charge in [0.2, 0.25) is 0 Å². The monoisotopic (exact) mass is 642 g/mol. The molecule has 42 heavy (non-hydrogen) atoms. The van der Waals surface area contributed by atoms with Crippen molar-refractivity contribution in [3.05, 3.63) is 29.8 Å². The minimum absolute atomic E-state index is 0.334. The average molecular weight is 642 g/mol. The summed E-state index contributed by atoms with van der Waals surface area (Å²) in [6.07, 6.45) is -15.7. The molecule has 0 bridgehead atoms. The van der Waals surface area contributed by atoms with Crippen molar-refractivity contribution in [2.45, 2.75) is 48.8 Å². The van der Waals surface area contributed by atoms with E-state index in [1.165, 1.54) is 26.4 Å². The Morgan fingerprint density at radius 2 is 1.33 bits per heavy atom. The number of hydrogen-bond donors (Lipinski definition) is 0. The molecule has 0 aromatic heterocycles. The highest BCUT2D eigenvalue weighted by Crippen LogP contribution is 2.58. The Kier molecular flexibility index (Phi) is 12.4. The first-order valence-corrected chi connectivity index (χ1v) is 11.3. The maximum absolute atomic E-state index is 13.7. The molecule has 0 saturated heterocycles. The number of hydrogen-bond acceptors (Lipinski definition) is 6. The molecule has 0 radical (unpaired) electrons. The topological polar surface area (TPSA) is 63.2 Å². The van der Waals surface area contributed by atoms with Crippen LogP contribution in [0.25, 0.3) is 6.08 Å². The van der Waals surface area contributed by atoms with E-state index in [0.29, 0.717) is 17.1 Å². The van der Waals surface area contributed by atoms with Crippen LogP contribution in [-0.4, -0.2) is 82.6 Å². The molecule has 0 spiro atoms. The molecule has 0 saturated carbocycles. The molecule has 0 heterocycles. The van der Waals surface area contributed by atoms with Gasteiger partial charge in [0.15, 0.2) is 0 Å². The molecule has 0 fully saturated rings. The molecule has 1 aromatic carbocycles. The van der Waals surface area contributed by atoms with Gasteiger partial charge in [0, 0.05) is 30.5 Å². The summed E-state index contributed by atoms with van der Waals surface area (Å²) in [5.41, 5.74) is 0.440. The molecule has 0 aliphatic carbocycles. The number of ether oxygens (including phenoxy) is 5. The molecule has 1 aromatic rings. The fourth-order valence-corrected chi connectivity index (χ4v) is 2.85. The lowest BCUT2D eigenvalue weighted by Gasteiger charge is -2.39. The lowest BCUT2D eigenvalue weighted by atomic mass is 9.95. The first-order chi connectivity index (χ1) is 19.1. The van der Waals surface area contributed by atoms with E-state index in [0.717, 1.165) is 6.08 Å². The minimum atomic E-state index is -7.57. The number of carbonyl (C=O) groups excluding carboxylic acids is 1. The van der Waals surface area contributed by atoms with Crippen LogP contribution in [0.5, 0.6) is 11.5 Å². The van der Waals surface area contributed by atoms with Crippen molar-refractivity contribution in [2.75, 3.05) is 40.6 Å². The SMILES string of the molecule is COc1ccc(C=CC(=O)OCCOCCOC(F)(F)C(F)(F)C(F)(F)C(F)(F)C(F)(F)CCC(F)(F)F)c(OC)c1. The zero-order valence-electron chi connectivity index (χ0n) is 21.5. The summed E-state index contributed by atoms with van der Waals surface area (Å²) in [7, 11) is 2.76. The van der Waals surface area contributed by atoms with Crippen molar-refractivity contribution in [1.82, 2.24) is 0 Å². The molecule has 0 unspecified atom stereocenters. The number of benzene rings is 1. The van der Waals surface area contributed by atoms with Crippen molar-refractivity contribution >= 4 is 12.0 Å². The zero-order valence-corrected chi connectivity index (χ0v) is 21.5. The van der Waals surface area contributed by atoms with Crippen LogP contribution in [0.2, 0.25) is 0 Å². The Bertz CT molecular complexity index is 1060. The second-order valence-corrected chi connectivity index (χ2v) is 8.13. The fourth-order valence-electron chi connectivity index (χ4n) is 2.85. The van der Waals surface area contributed by atoms with Crippen LogP contribution in [0.4, 0.5) is 57.1 Å². The summed E-state index contributed by atoms with van der Waals surface area (Å²) in [6, 6.07) is 4.62. The molecule has 1 rings (SSSR count). The van der Waals surface area contributed by atoms with Crippen molar-refractivity contribution in [3.8, 4) is 11.5 Å². The van der Waals surface area contributed by atoms with Crippen LogP contribution < -0.4 is 9.47 Å². The van der Waals surface area contributed by atoms with Crippen molar-refractivity contribution in [2.24, 2.45) is 0 Å². The Morgan fingerprint density at radius 1 is 0.738 bits per heavy atom. The molecule has 242 valence electrons. The predicted molar refractivity (Wildman–Crippen MR) is 116 cm³/mol. The Balaban J connectivity index is 2.62. The lowest BCUT2D eigenvalue weighted by molar-refractivity contribution is -0.446. The van der Waals surface area contributed by atoms with Crippen LogP contribution >= 0.6 is 0 Å². The second-order valence-electron chi connectivity index (χ2n) is 8.13. The van der Waals surface area contributed by atoms with E-state index >= 15 is 0 Å². The first-order valence-electron chi connectivity index (χ1n) is 11.3. The molecule has 0 aliphatic heterocycles. The van der Waals surface area contributed by atoms with E-state index in [-0.39, 0.29) is 0 Å². The third-order valence-corrected chi connectivity index (χ3v) is 5.16. The summed E-state index contributed by atoms with van der Waals surface area (Å²) in [4.78, 5) is 11.7. The molecule has 0 N–H and O–H groups in total. The van der Waals surface area contributed by atoms with E-state index in [1.807, 2.05) is 0 Å². The van der Waals surface area contributed by atoms with E-state index in [9.17, 15) is 61.9 Å². The van der Waals surface area contributed by atoms with Gasteiger partial charge in [0.25, 0.3) is 0 Å². The lowest BCUT2D eigenvalue weighted by Crippen LogP contribution is -2.67. The summed E-state index contributed by atoms with van der Waals surface area (Å²) in [5.74, 6) is -28.9. The van der Waals surface area contributed by atoms with Gasteiger partial charge >= 0.3 is 41.9 Å². The largest absolute Gasteiger partial charge is 0.497 e. The van der Waals surface area contributed by atoms with Crippen LogP contribution in [0.15, 0.2) is 24.3 Å². The molecule has 19 heteroatoms. The van der Waals surface area contributed by atoms with E-state index in [2.05, 4.69) is 14.2 Å². The highest BCUT2D eigenvalue weighted by molar-refractivity contribution is 5.87. The molecule has 0 amide bonds. The first kappa shape index (κ1) is 37.1. The number of esters is 1. The van der Waals surface area contributed by atoms with E-state index in [4.69, 9.17) is 9.47 Å². The Labute approximate surface area is 229 Å². The van der Waals surface area contributed by atoms with Gasteiger partial charge in [-0.15, -0.1) is 0 Å². The number of halogens is 13. The van der Waals surface area contributed by atoms with Crippen LogP contribution in [0.1, 0.15) is 18.4 Å². The van der Waals surface area contributed by atoms with Crippen LogP contribution in [0, 0.1) is 0 Å². The average Bonchev–Trinajstić information content (AvgIpc) is 2.89. The van der Waals surface area contributed by atoms with Gasteiger partial charge in [-0.05, 0) is 18.2 Å². The van der Waals surface area contributed by atoms with Gasteiger partial charge in [0.1, 0.15) is 18.1 Å². The predicted octanol–water partition coefficient (Wildman–Crippen LogP) is 6.77. The number of rotatable bonds is 17. The second kappa shape index (κ2) is 14.0. The van der Waals surface area contributed by atoms with Crippen molar-refractivity contribution < 1.29 is 85.6 Å². The van der Waals surface area contributed by atoms with Gasteiger partial charge in [-0.2, -0.15) is 57.1 Å². The van der Waals surface area contributed by atoms with Crippen molar-refractivity contribution in [3.63, 3.8) is 0 Å². The van der Waals surface area contributed by atoms with Crippen LogP contribution in [0.3, 0.4) is 0 Å². The standard InChI is InChI=1S/C23H23F13O6/c1-38-15-5-3-14(16(13-15)39-2)4-6-17(37)41-11-9-40-10-12-42-23(35,36)22(33,34)21(31,32)20(29,30)18(24,25)7-8-19(26,27)28/h3-6,13H,7-12H2,1-2H3. The molecular weight excluding hydrogens is 619 g/mol. The zero-order chi connectivity index (χ0) is 32.6. The smallest absolute Gasteiger partial charge is 0.426 e. The maximum atomic E-state index is 13.7. The highest BCUT2D eigenvalue weighted by atomic mass is 19.4. The van der Waals surface area contributed by atoms with Gasteiger partial charge in [-0.1, -0.05) is 0 Å². The quantitative estimate of drug-likeness (QED) is 0.0810. The van der Waals surface area contributed by atoms with Crippen molar-refractivity contribution in [1.29, 1.82) is 0 Å². The highest BCUT2D eigenvalue weighted by Gasteiger charge is 2.86. The summed E-state index contributed by atoms with van der Waals surface area (Å²) < 4.78 is 195.